The van der Waals surface area contributed by atoms with Gasteiger partial charge < -0.3 is 20.1 Å². The van der Waals surface area contributed by atoms with Crippen molar-refractivity contribution in [3.05, 3.63) is 17.6 Å². The fourth-order valence-electron chi connectivity index (χ4n) is 5.48. The number of anilines is 1. The second kappa shape index (κ2) is 11.5. The molecule has 8 nitrogen and oxygen atoms in total. The molecule has 3 aliphatic rings. The van der Waals surface area contributed by atoms with Gasteiger partial charge in [-0.1, -0.05) is 20.8 Å². The fourth-order valence-corrected chi connectivity index (χ4v) is 5.48. The van der Waals surface area contributed by atoms with Gasteiger partial charge in [0.25, 0.3) is 0 Å². The minimum atomic E-state index is -0.265. The molecule has 0 spiro atoms. The summed E-state index contributed by atoms with van der Waals surface area (Å²) in [5.41, 5.74) is 0.851. The Balaban J connectivity index is 1.18. The van der Waals surface area contributed by atoms with E-state index in [0.717, 1.165) is 68.8 Å². The Bertz CT molecular complexity index is 836. The summed E-state index contributed by atoms with van der Waals surface area (Å²) in [6.45, 7) is 12.2. The Hall–Kier alpha value is -1.77. The van der Waals surface area contributed by atoms with Crippen LogP contribution in [0.25, 0.3) is 0 Å². The van der Waals surface area contributed by atoms with Crippen LogP contribution in [0.1, 0.15) is 77.2 Å². The SMILES string of the molecule is COCc1cc(N2CCN(CC[C@H]3CC[C@@H](NC(=O)[C@H]4C[C@H](O)C4)CC3)CC2)nc(C(C)(C)C)n1. The van der Waals surface area contributed by atoms with E-state index in [9.17, 15) is 9.90 Å². The van der Waals surface area contributed by atoms with E-state index in [1.54, 1.807) is 7.11 Å². The molecule has 196 valence electrons. The molecule has 0 bridgehead atoms. The Morgan fingerprint density at radius 1 is 1.11 bits per heavy atom. The molecule has 8 heteroatoms. The van der Waals surface area contributed by atoms with Gasteiger partial charge in [-0.2, -0.15) is 0 Å². The zero-order chi connectivity index (χ0) is 25.0. The first-order chi connectivity index (χ1) is 16.7. The molecule has 35 heavy (non-hydrogen) atoms. The highest BCUT2D eigenvalue weighted by atomic mass is 16.5. The first-order valence-corrected chi connectivity index (χ1v) is 13.5. The number of hydrogen-bond acceptors (Lipinski definition) is 7. The number of amides is 1. The van der Waals surface area contributed by atoms with Gasteiger partial charge in [0.15, 0.2) is 0 Å². The molecule has 1 amide bonds. The third-order valence-electron chi connectivity index (χ3n) is 7.96. The smallest absolute Gasteiger partial charge is 0.223 e. The lowest BCUT2D eigenvalue weighted by molar-refractivity contribution is -0.132. The highest BCUT2D eigenvalue weighted by Gasteiger charge is 2.34. The summed E-state index contributed by atoms with van der Waals surface area (Å²) >= 11 is 0. The Morgan fingerprint density at radius 3 is 2.40 bits per heavy atom. The van der Waals surface area contributed by atoms with Crippen molar-refractivity contribution in [2.24, 2.45) is 11.8 Å². The van der Waals surface area contributed by atoms with E-state index in [2.05, 4.69) is 42.0 Å². The van der Waals surface area contributed by atoms with Crippen LogP contribution < -0.4 is 10.2 Å². The van der Waals surface area contributed by atoms with Crippen molar-refractivity contribution < 1.29 is 14.6 Å². The number of aliphatic hydroxyl groups excluding tert-OH is 1. The average molecular weight is 488 g/mol. The summed E-state index contributed by atoms with van der Waals surface area (Å²) in [7, 11) is 1.71. The van der Waals surface area contributed by atoms with Crippen molar-refractivity contribution in [3.63, 3.8) is 0 Å². The van der Waals surface area contributed by atoms with Crippen molar-refractivity contribution in [1.82, 2.24) is 20.2 Å². The van der Waals surface area contributed by atoms with Crippen LogP contribution in [0.5, 0.6) is 0 Å². The van der Waals surface area contributed by atoms with Gasteiger partial charge in [0.2, 0.25) is 5.91 Å². The summed E-state index contributed by atoms with van der Waals surface area (Å²) < 4.78 is 5.35. The second-order valence-electron chi connectivity index (χ2n) is 11.9. The average Bonchev–Trinajstić information content (AvgIpc) is 2.81. The third-order valence-corrected chi connectivity index (χ3v) is 7.96. The van der Waals surface area contributed by atoms with Gasteiger partial charge in [-0.3, -0.25) is 9.69 Å². The van der Waals surface area contributed by atoms with E-state index in [1.165, 1.54) is 19.3 Å². The van der Waals surface area contributed by atoms with Gasteiger partial charge >= 0.3 is 0 Å². The Kier molecular flexibility index (Phi) is 8.66. The highest BCUT2D eigenvalue weighted by molar-refractivity contribution is 5.79. The first kappa shape index (κ1) is 26.3. The Labute approximate surface area is 210 Å². The van der Waals surface area contributed by atoms with E-state index >= 15 is 0 Å². The second-order valence-corrected chi connectivity index (χ2v) is 11.9. The zero-order valence-electron chi connectivity index (χ0n) is 22.1. The van der Waals surface area contributed by atoms with Crippen molar-refractivity contribution in [2.75, 3.05) is 44.7 Å². The molecule has 2 heterocycles. The number of ether oxygens (including phenoxy) is 1. The third kappa shape index (κ3) is 7.14. The van der Waals surface area contributed by atoms with E-state index < -0.39 is 0 Å². The minimum Gasteiger partial charge on any atom is -0.393 e. The van der Waals surface area contributed by atoms with Crippen molar-refractivity contribution >= 4 is 11.7 Å². The van der Waals surface area contributed by atoms with Crippen LogP contribution in [-0.2, 0) is 21.6 Å². The van der Waals surface area contributed by atoms with Crippen LogP contribution in [0, 0.1) is 11.8 Å². The normalized spacial score (nSPS) is 28.0. The number of rotatable bonds is 8. The summed E-state index contributed by atoms with van der Waals surface area (Å²) in [5.74, 6) is 2.86. The lowest BCUT2D eigenvalue weighted by Crippen LogP contribution is -2.47. The van der Waals surface area contributed by atoms with Crippen LogP contribution in [0.4, 0.5) is 5.82 Å². The number of hydrogen-bond donors (Lipinski definition) is 2. The van der Waals surface area contributed by atoms with E-state index in [1.807, 2.05) is 0 Å². The molecule has 4 rings (SSSR count). The number of nitrogens with zero attached hydrogens (tertiary/aromatic N) is 4. The monoisotopic (exact) mass is 487 g/mol. The Morgan fingerprint density at radius 2 is 1.80 bits per heavy atom. The molecule has 0 unspecified atom stereocenters. The topological polar surface area (TPSA) is 90.8 Å². The standard InChI is InChI=1S/C27H45N5O3/c1-27(2,3)26-29-22(18-35-4)17-24(30-26)32-13-11-31(12-14-32)10-9-19-5-7-21(8-6-19)28-25(34)20-15-23(33)16-20/h17,19-21,23,33H,5-16,18H2,1-4H3,(H,28,34)/t19-,20-,21+,23-. The largest absolute Gasteiger partial charge is 0.393 e. The summed E-state index contributed by atoms with van der Waals surface area (Å²) in [5, 5.41) is 12.6. The van der Waals surface area contributed by atoms with Crippen molar-refractivity contribution in [1.29, 1.82) is 0 Å². The molecule has 0 aromatic carbocycles. The van der Waals surface area contributed by atoms with E-state index in [4.69, 9.17) is 14.7 Å². The number of aliphatic hydroxyl groups is 1. The van der Waals surface area contributed by atoms with Crippen LogP contribution in [0.3, 0.4) is 0 Å². The van der Waals surface area contributed by atoms with Gasteiger partial charge in [-0.05, 0) is 57.4 Å². The molecule has 1 saturated heterocycles. The first-order valence-electron chi connectivity index (χ1n) is 13.5. The number of aromatic nitrogens is 2. The zero-order valence-corrected chi connectivity index (χ0v) is 22.1. The molecule has 1 aliphatic heterocycles. The van der Waals surface area contributed by atoms with Crippen LogP contribution in [0.15, 0.2) is 6.07 Å². The van der Waals surface area contributed by atoms with Crippen LogP contribution in [0.2, 0.25) is 0 Å². The van der Waals surface area contributed by atoms with E-state index in [-0.39, 0.29) is 23.3 Å². The number of piperazine rings is 1. The maximum atomic E-state index is 12.3. The summed E-state index contributed by atoms with van der Waals surface area (Å²) in [4.78, 5) is 26.9. The van der Waals surface area contributed by atoms with Gasteiger partial charge in [-0.25, -0.2) is 9.97 Å². The molecule has 3 fully saturated rings. The van der Waals surface area contributed by atoms with E-state index in [0.29, 0.717) is 25.5 Å². The molecule has 2 aliphatic carbocycles. The van der Waals surface area contributed by atoms with Gasteiger partial charge in [0.1, 0.15) is 11.6 Å². The number of methoxy groups -OCH3 is 1. The molecule has 0 atom stereocenters. The lowest BCUT2D eigenvalue weighted by Gasteiger charge is -2.37. The number of carbonyl (C=O) groups is 1. The number of carbonyl (C=O) groups excluding carboxylic acids is 1. The summed E-state index contributed by atoms with van der Waals surface area (Å²) in [6.07, 6.45) is 6.84. The molecular formula is C27H45N5O3. The fraction of sp³-hybridized carbons (Fsp3) is 0.815. The predicted molar refractivity (Wildman–Crippen MR) is 137 cm³/mol. The van der Waals surface area contributed by atoms with Crippen LogP contribution in [-0.4, -0.2) is 77.9 Å². The van der Waals surface area contributed by atoms with Crippen molar-refractivity contribution in [3.8, 4) is 0 Å². The molecule has 1 aromatic heterocycles. The molecule has 1 aromatic rings. The molecular weight excluding hydrogens is 442 g/mol. The van der Waals surface area contributed by atoms with Gasteiger partial charge in [0, 0.05) is 56.7 Å². The predicted octanol–water partition coefficient (Wildman–Crippen LogP) is 2.88. The highest BCUT2D eigenvalue weighted by Crippen LogP contribution is 2.30. The van der Waals surface area contributed by atoms with Crippen molar-refractivity contribution in [2.45, 2.75) is 89.9 Å². The molecule has 0 radical (unpaired) electrons. The van der Waals surface area contributed by atoms with Gasteiger partial charge in [-0.15, -0.1) is 0 Å². The molecule has 2 N–H and O–H groups in total. The quantitative estimate of drug-likeness (QED) is 0.583. The van der Waals surface area contributed by atoms with Crippen LogP contribution >= 0.6 is 0 Å². The number of nitrogens with one attached hydrogen (secondary N) is 1. The summed E-state index contributed by atoms with van der Waals surface area (Å²) in [6, 6.07) is 2.41. The minimum absolute atomic E-state index is 0.0374. The maximum Gasteiger partial charge on any atom is 0.223 e. The molecule has 2 saturated carbocycles. The maximum absolute atomic E-state index is 12.3. The lowest BCUT2D eigenvalue weighted by atomic mass is 9.80. The van der Waals surface area contributed by atoms with Gasteiger partial charge in [0.05, 0.1) is 18.4 Å².